The van der Waals surface area contributed by atoms with Crippen LogP contribution in [0.15, 0.2) is 43.0 Å². The highest BCUT2D eigenvalue weighted by molar-refractivity contribution is 5.89. The minimum absolute atomic E-state index is 0.275. The van der Waals surface area contributed by atoms with Gasteiger partial charge in [-0.3, -0.25) is 4.79 Å². The highest BCUT2D eigenvalue weighted by Crippen LogP contribution is 2.46. The third-order valence-electron chi connectivity index (χ3n) is 5.82. The van der Waals surface area contributed by atoms with Gasteiger partial charge in [0.05, 0.1) is 17.8 Å². The van der Waals surface area contributed by atoms with Gasteiger partial charge in [-0.05, 0) is 38.2 Å². The maximum absolute atomic E-state index is 13.4. The first-order valence-electron chi connectivity index (χ1n) is 9.03. The van der Waals surface area contributed by atoms with Crippen molar-refractivity contribution in [3.8, 4) is 0 Å². The van der Waals surface area contributed by atoms with Gasteiger partial charge in [-0.2, -0.15) is 0 Å². The molecule has 1 aromatic heterocycles. The second kappa shape index (κ2) is 6.08. The fourth-order valence-corrected chi connectivity index (χ4v) is 4.27. The average Bonchev–Trinajstić information content (AvgIpc) is 3.08. The molecule has 0 spiro atoms. The number of carbonyl (C=O) groups excluding carboxylic acids is 1. The number of carbonyl (C=O) groups is 1. The molecule has 2 fully saturated rings. The summed E-state index contributed by atoms with van der Waals surface area (Å²) in [4.78, 5) is 19.7. The summed E-state index contributed by atoms with van der Waals surface area (Å²) in [5, 5.41) is 0. The fraction of sp³-hybridized carbons (Fsp3) is 0.500. The van der Waals surface area contributed by atoms with E-state index in [1.54, 1.807) is 0 Å². The molecular weight excluding hydrogens is 298 g/mol. The van der Waals surface area contributed by atoms with Gasteiger partial charge in [0, 0.05) is 25.5 Å². The van der Waals surface area contributed by atoms with E-state index in [2.05, 4.69) is 45.6 Å². The molecule has 4 rings (SSSR count). The Hall–Kier alpha value is -2.10. The molecule has 1 saturated carbocycles. The van der Waals surface area contributed by atoms with E-state index in [0.29, 0.717) is 11.9 Å². The molecule has 0 unspecified atom stereocenters. The Morgan fingerprint density at radius 2 is 2.17 bits per heavy atom. The van der Waals surface area contributed by atoms with E-state index in [1.807, 2.05) is 18.7 Å². The van der Waals surface area contributed by atoms with Gasteiger partial charge in [-0.1, -0.05) is 36.2 Å². The molecule has 2 aromatic rings. The lowest BCUT2D eigenvalue weighted by atomic mass is 9.63. The van der Waals surface area contributed by atoms with E-state index in [0.717, 1.165) is 45.2 Å². The molecule has 2 aliphatic rings. The van der Waals surface area contributed by atoms with Gasteiger partial charge in [0.1, 0.15) is 0 Å². The third kappa shape index (κ3) is 2.54. The topological polar surface area (TPSA) is 38.1 Å². The smallest absolute Gasteiger partial charge is 0.233 e. The minimum atomic E-state index is -0.275. The van der Waals surface area contributed by atoms with Crippen LogP contribution in [0.3, 0.4) is 0 Å². The predicted octanol–water partition coefficient (Wildman–Crippen LogP) is 3.48. The van der Waals surface area contributed by atoms with Crippen LogP contribution < -0.4 is 0 Å². The Kier molecular flexibility index (Phi) is 3.91. The number of nitrogens with zero attached hydrogens (tertiary/aromatic N) is 3. The van der Waals surface area contributed by atoms with Gasteiger partial charge in [0.2, 0.25) is 5.91 Å². The second-order valence-corrected chi connectivity index (χ2v) is 7.36. The standard InChI is InChI=1S/C20H25N3O/c1-16-5-2-6-17(13-16)20(8-4-9-20)19(24)22-11-3-7-18(14-22)23-12-10-21-15-23/h2,5-6,10,12-13,15,18H,3-4,7-9,11,14H2,1H3/t18-/m0/s1. The number of hydrogen-bond acceptors (Lipinski definition) is 2. The first-order chi connectivity index (χ1) is 11.7. The maximum atomic E-state index is 13.4. The van der Waals surface area contributed by atoms with Gasteiger partial charge in [0.25, 0.3) is 0 Å². The molecule has 1 aromatic carbocycles. The lowest BCUT2D eigenvalue weighted by molar-refractivity contribution is -0.142. The number of hydrogen-bond donors (Lipinski definition) is 0. The summed E-state index contributed by atoms with van der Waals surface area (Å²) in [6, 6.07) is 8.90. The van der Waals surface area contributed by atoms with E-state index in [1.165, 1.54) is 11.1 Å². The molecule has 1 atom stereocenters. The van der Waals surface area contributed by atoms with Crippen molar-refractivity contribution in [2.45, 2.75) is 50.5 Å². The zero-order chi connectivity index (χ0) is 16.6. The molecule has 1 aliphatic carbocycles. The molecule has 4 heteroatoms. The van der Waals surface area contributed by atoms with Crippen LogP contribution in [0.5, 0.6) is 0 Å². The predicted molar refractivity (Wildman–Crippen MR) is 93.8 cm³/mol. The van der Waals surface area contributed by atoms with Crippen molar-refractivity contribution < 1.29 is 4.79 Å². The minimum Gasteiger partial charge on any atom is -0.340 e. The van der Waals surface area contributed by atoms with Crippen molar-refractivity contribution in [1.29, 1.82) is 0 Å². The summed E-state index contributed by atoms with van der Waals surface area (Å²) in [5.74, 6) is 0.337. The molecule has 0 N–H and O–H groups in total. The average molecular weight is 323 g/mol. The van der Waals surface area contributed by atoms with E-state index in [-0.39, 0.29) is 5.41 Å². The Morgan fingerprint density at radius 1 is 1.29 bits per heavy atom. The molecule has 24 heavy (non-hydrogen) atoms. The molecular formula is C20H25N3O. The molecule has 4 nitrogen and oxygen atoms in total. The van der Waals surface area contributed by atoms with Crippen molar-refractivity contribution >= 4 is 5.91 Å². The molecule has 1 amide bonds. The number of imidazole rings is 1. The summed E-state index contributed by atoms with van der Waals surface area (Å²) in [7, 11) is 0. The van der Waals surface area contributed by atoms with E-state index in [9.17, 15) is 4.79 Å². The number of rotatable bonds is 3. The number of aryl methyl sites for hydroxylation is 1. The van der Waals surface area contributed by atoms with Crippen LogP contribution in [0.25, 0.3) is 0 Å². The van der Waals surface area contributed by atoms with Crippen LogP contribution in [-0.2, 0) is 10.2 Å². The van der Waals surface area contributed by atoms with Gasteiger partial charge in [-0.25, -0.2) is 4.98 Å². The Balaban J connectivity index is 1.57. The van der Waals surface area contributed by atoms with Crippen molar-refractivity contribution in [2.75, 3.05) is 13.1 Å². The zero-order valence-corrected chi connectivity index (χ0v) is 14.3. The summed E-state index contributed by atoms with van der Waals surface area (Å²) < 4.78 is 2.15. The summed E-state index contributed by atoms with van der Waals surface area (Å²) >= 11 is 0. The molecule has 0 bridgehead atoms. The zero-order valence-electron chi connectivity index (χ0n) is 14.3. The van der Waals surface area contributed by atoms with Gasteiger partial charge in [0.15, 0.2) is 0 Å². The maximum Gasteiger partial charge on any atom is 0.233 e. The highest BCUT2D eigenvalue weighted by atomic mass is 16.2. The van der Waals surface area contributed by atoms with Crippen LogP contribution in [0.4, 0.5) is 0 Å². The largest absolute Gasteiger partial charge is 0.340 e. The van der Waals surface area contributed by atoms with Crippen LogP contribution in [-0.4, -0.2) is 33.4 Å². The Labute approximate surface area is 143 Å². The van der Waals surface area contributed by atoms with Gasteiger partial charge in [-0.15, -0.1) is 0 Å². The number of piperidine rings is 1. The van der Waals surface area contributed by atoms with E-state index < -0.39 is 0 Å². The summed E-state index contributed by atoms with van der Waals surface area (Å²) in [6.07, 6.45) is 11.0. The van der Waals surface area contributed by atoms with Gasteiger partial charge < -0.3 is 9.47 Å². The van der Waals surface area contributed by atoms with Crippen LogP contribution in [0, 0.1) is 6.92 Å². The van der Waals surface area contributed by atoms with Crippen molar-refractivity contribution in [1.82, 2.24) is 14.5 Å². The lowest BCUT2D eigenvalue weighted by Gasteiger charge is -2.46. The van der Waals surface area contributed by atoms with Crippen molar-refractivity contribution in [3.05, 3.63) is 54.1 Å². The number of likely N-dealkylation sites (tertiary alicyclic amines) is 1. The number of benzene rings is 1. The first kappa shape index (κ1) is 15.4. The quantitative estimate of drug-likeness (QED) is 0.867. The fourth-order valence-electron chi connectivity index (χ4n) is 4.27. The van der Waals surface area contributed by atoms with Crippen LogP contribution >= 0.6 is 0 Å². The molecule has 0 radical (unpaired) electrons. The van der Waals surface area contributed by atoms with Gasteiger partial charge >= 0.3 is 0 Å². The second-order valence-electron chi connectivity index (χ2n) is 7.36. The van der Waals surface area contributed by atoms with E-state index in [4.69, 9.17) is 0 Å². The normalized spacial score (nSPS) is 22.9. The Bertz CT molecular complexity index is 718. The monoisotopic (exact) mass is 323 g/mol. The highest BCUT2D eigenvalue weighted by Gasteiger charge is 2.48. The Morgan fingerprint density at radius 3 is 2.83 bits per heavy atom. The number of aromatic nitrogens is 2. The first-order valence-corrected chi connectivity index (χ1v) is 9.03. The van der Waals surface area contributed by atoms with Crippen molar-refractivity contribution in [3.63, 3.8) is 0 Å². The molecule has 1 aliphatic heterocycles. The van der Waals surface area contributed by atoms with E-state index >= 15 is 0 Å². The summed E-state index contributed by atoms with van der Waals surface area (Å²) in [5.41, 5.74) is 2.17. The lowest BCUT2D eigenvalue weighted by Crippen LogP contribution is -2.53. The van der Waals surface area contributed by atoms with Crippen molar-refractivity contribution in [2.24, 2.45) is 0 Å². The summed E-state index contributed by atoms with van der Waals surface area (Å²) in [6.45, 7) is 3.80. The SMILES string of the molecule is Cc1cccc(C2(C(=O)N3CCC[C@H](n4ccnc4)C3)CCC2)c1. The third-order valence-corrected chi connectivity index (χ3v) is 5.82. The number of amides is 1. The molecule has 126 valence electrons. The molecule has 2 heterocycles. The molecule has 1 saturated heterocycles. The van der Waals surface area contributed by atoms with Crippen LogP contribution in [0.2, 0.25) is 0 Å². The van der Waals surface area contributed by atoms with Crippen LogP contribution in [0.1, 0.15) is 49.3 Å².